The van der Waals surface area contributed by atoms with E-state index in [0.717, 1.165) is 32.1 Å². The van der Waals surface area contributed by atoms with Gasteiger partial charge in [-0.15, -0.1) is 0 Å². The van der Waals surface area contributed by atoms with Crippen molar-refractivity contribution in [3.05, 3.63) is 89.2 Å². The van der Waals surface area contributed by atoms with Crippen molar-refractivity contribution in [2.75, 3.05) is 18.0 Å². The first kappa shape index (κ1) is 34.9. The molecule has 1 saturated carbocycles. The number of aromatic nitrogens is 2. The summed E-state index contributed by atoms with van der Waals surface area (Å²) in [5.74, 6) is -1.35. The first-order valence-corrected chi connectivity index (χ1v) is 17.2. The van der Waals surface area contributed by atoms with Crippen molar-refractivity contribution in [2.24, 2.45) is 11.5 Å². The summed E-state index contributed by atoms with van der Waals surface area (Å²) in [5, 5.41) is 28.8. The second kappa shape index (κ2) is 15.3. The number of hydrogen-bond acceptors (Lipinski definition) is 7. The number of ether oxygens (including phenoxy) is 1. The molecule has 4 aromatic rings. The third-order valence-corrected chi connectivity index (χ3v) is 9.59. The van der Waals surface area contributed by atoms with Gasteiger partial charge in [0.25, 0.3) is 5.91 Å². The van der Waals surface area contributed by atoms with Crippen LogP contribution in [0.4, 0.5) is 5.69 Å². The van der Waals surface area contributed by atoms with Gasteiger partial charge in [0.1, 0.15) is 29.6 Å². The molecule has 14 heteroatoms. The van der Waals surface area contributed by atoms with E-state index in [1.165, 1.54) is 17.0 Å². The van der Waals surface area contributed by atoms with Gasteiger partial charge in [-0.05, 0) is 67.4 Å². The number of carboxylic acids is 1. The van der Waals surface area contributed by atoms with E-state index in [4.69, 9.17) is 32.0 Å². The number of nitrogens with zero attached hydrogens (tertiary/aromatic N) is 3. The number of anilines is 1. The Morgan fingerprint density at radius 3 is 2.29 bits per heavy atom. The largest absolute Gasteiger partial charge is 0.490 e. The van der Waals surface area contributed by atoms with E-state index in [-0.39, 0.29) is 47.4 Å². The van der Waals surface area contributed by atoms with Crippen LogP contribution in [0.25, 0.3) is 11.0 Å². The number of aromatic amines is 1. The van der Waals surface area contributed by atoms with Gasteiger partial charge >= 0.3 is 5.97 Å². The topological polar surface area (TPSA) is 228 Å². The molecule has 1 aromatic heterocycles. The number of piperidine rings is 1. The van der Waals surface area contributed by atoms with Gasteiger partial charge in [-0.1, -0.05) is 31.4 Å². The van der Waals surface area contributed by atoms with Gasteiger partial charge in [0.15, 0.2) is 5.96 Å². The molecular formula is C37H43N9O5. The monoisotopic (exact) mass is 693 g/mol. The number of benzene rings is 3. The predicted octanol–water partition coefficient (Wildman–Crippen LogP) is 4.51. The lowest BCUT2D eigenvalue weighted by atomic mass is 9.95. The van der Waals surface area contributed by atoms with Gasteiger partial charge < -0.3 is 36.5 Å². The van der Waals surface area contributed by atoms with E-state index < -0.39 is 17.9 Å². The number of likely N-dealkylation sites (tertiary alicyclic amines) is 1. The maximum Gasteiger partial charge on any atom is 0.336 e. The number of nitrogen functional groups attached to an aromatic ring is 1. The molecule has 14 nitrogen and oxygen atoms in total. The van der Waals surface area contributed by atoms with Gasteiger partial charge in [-0.25, -0.2) is 9.78 Å². The van der Waals surface area contributed by atoms with Crippen molar-refractivity contribution in [1.82, 2.24) is 20.2 Å². The van der Waals surface area contributed by atoms with E-state index in [9.17, 15) is 19.5 Å². The summed E-state index contributed by atoms with van der Waals surface area (Å²) in [6.45, 7) is 1.22. The number of nitrogens with two attached hydrogens (primary N) is 2. The maximum atomic E-state index is 14.7. The fourth-order valence-electron chi connectivity index (χ4n) is 6.89. The van der Waals surface area contributed by atoms with E-state index >= 15 is 0 Å². The Morgan fingerprint density at radius 2 is 1.65 bits per heavy atom. The van der Waals surface area contributed by atoms with Crippen molar-refractivity contribution >= 4 is 46.3 Å². The molecule has 0 radical (unpaired) electrons. The minimum atomic E-state index is -1.26. The number of carbonyl (C=O) groups excluding carboxylic acids is 2. The fraction of sp³-hybridized carbons (Fsp3) is 0.351. The fourth-order valence-corrected chi connectivity index (χ4v) is 6.89. The first-order chi connectivity index (χ1) is 24.6. The number of H-pyrrole nitrogens is 1. The summed E-state index contributed by atoms with van der Waals surface area (Å²) in [5.41, 5.74) is 13.2. The number of imidazole rings is 1. The lowest BCUT2D eigenvalue weighted by Gasteiger charge is -2.33. The zero-order chi connectivity index (χ0) is 36.1. The van der Waals surface area contributed by atoms with Crippen LogP contribution >= 0.6 is 0 Å². The molecule has 1 saturated heterocycles. The predicted molar refractivity (Wildman–Crippen MR) is 193 cm³/mol. The van der Waals surface area contributed by atoms with Gasteiger partial charge in [0.05, 0.1) is 28.6 Å². The number of hydrogen-bond donors (Lipinski definition) is 7. The number of aromatic carboxylic acids is 1. The van der Waals surface area contributed by atoms with Crippen LogP contribution in [0.2, 0.25) is 0 Å². The van der Waals surface area contributed by atoms with Crippen LogP contribution in [0.3, 0.4) is 0 Å². The number of guanidine groups is 1. The van der Waals surface area contributed by atoms with E-state index in [1.54, 1.807) is 59.5 Å². The number of nitrogens with one attached hydrogen (secondary N) is 4. The molecule has 2 aliphatic rings. The van der Waals surface area contributed by atoms with Crippen molar-refractivity contribution in [3.63, 3.8) is 0 Å². The minimum Gasteiger partial charge on any atom is -0.490 e. The molecule has 2 heterocycles. The quantitative estimate of drug-likeness (QED) is 0.0865. The Labute approximate surface area is 295 Å². The molecule has 1 unspecified atom stereocenters. The zero-order valence-corrected chi connectivity index (χ0v) is 28.2. The number of carbonyl (C=O) groups is 3. The van der Waals surface area contributed by atoms with E-state index in [0.29, 0.717) is 59.8 Å². The first-order valence-electron chi connectivity index (χ1n) is 17.2. The molecular weight excluding hydrogens is 650 g/mol. The van der Waals surface area contributed by atoms with Crippen LogP contribution < -0.4 is 26.4 Å². The molecule has 51 heavy (non-hydrogen) atoms. The summed E-state index contributed by atoms with van der Waals surface area (Å²) >= 11 is 0. The third-order valence-electron chi connectivity index (χ3n) is 9.59. The average molecular weight is 694 g/mol. The Kier molecular flexibility index (Phi) is 10.5. The number of carboxylic acid groups (broad SMARTS) is 1. The molecule has 0 bridgehead atoms. The number of rotatable bonds is 11. The SMILES string of the molecule is N=C(N)c1ccc2nc(C(CC(=O)NC3CCCCC3)N(C(=O)c3ccccc3C(=O)O)c3ccc(OC4CCN(C(=N)N)CC4)cc3)[nH]c2c1. The molecule has 0 spiro atoms. The van der Waals surface area contributed by atoms with Crippen molar-refractivity contribution in [1.29, 1.82) is 10.8 Å². The Morgan fingerprint density at radius 1 is 0.961 bits per heavy atom. The van der Waals surface area contributed by atoms with Crippen molar-refractivity contribution < 1.29 is 24.2 Å². The lowest BCUT2D eigenvalue weighted by molar-refractivity contribution is -0.122. The molecule has 266 valence electrons. The van der Waals surface area contributed by atoms with Crippen LogP contribution in [0.1, 0.15) is 89.5 Å². The van der Waals surface area contributed by atoms with Crippen LogP contribution in [-0.2, 0) is 4.79 Å². The summed E-state index contributed by atoms with van der Waals surface area (Å²) in [6.07, 6.45) is 6.05. The molecule has 9 N–H and O–H groups in total. The zero-order valence-electron chi connectivity index (χ0n) is 28.2. The van der Waals surface area contributed by atoms with Crippen molar-refractivity contribution in [2.45, 2.75) is 69.6 Å². The molecule has 2 fully saturated rings. The number of amidine groups is 1. The molecule has 1 aliphatic heterocycles. The molecule has 2 amide bonds. The van der Waals surface area contributed by atoms with Crippen molar-refractivity contribution in [3.8, 4) is 5.75 Å². The second-order valence-corrected chi connectivity index (χ2v) is 13.1. The molecule has 6 rings (SSSR count). The second-order valence-electron chi connectivity index (χ2n) is 13.1. The van der Waals surface area contributed by atoms with Gasteiger partial charge in [0, 0.05) is 43.2 Å². The smallest absolute Gasteiger partial charge is 0.336 e. The average Bonchev–Trinajstić information content (AvgIpc) is 3.56. The highest BCUT2D eigenvalue weighted by Gasteiger charge is 2.34. The third kappa shape index (κ3) is 8.11. The van der Waals surface area contributed by atoms with Crippen LogP contribution in [0, 0.1) is 10.8 Å². The van der Waals surface area contributed by atoms with Gasteiger partial charge in [-0.2, -0.15) is 0 Å². The highest BCUT2D eigenvalue weighted by Crippen LogP contribution is 2.34. The van der Waals surface area contributed by atoms with E-state index in [1.807, 2.05) is 0 Å². The number of amides is 2. The highest BCUT2D eigenvalue weighted by atomic mass is 16.5. The molecule has 3 aromatic carbocycles. The minimum absolute atomic E-state index is 0.0244. The van der Waals surface area contributed by atoms with Gasteiger partial charge in [-0.3, -0.25) is 25.3 Å². The highest BCUT2D eigenvalue weighted by molar-refractivity contribution is 6.12. The summed E-state index contributed by atoms with van der Waals surface area (Å²) in [7, 11) is 0. The van der Waals surface area contributed by atoms with Crippen LogP contribution in [0.5, 0.6) is 5.75 Å². The maximum absolute atomic E-state index is 14.7. The lowest BCUT2D eigenvalue weighted by Crippen LogP contribution is -2.44. The van der Waals surface area contributed by atoms with Crippen LogP contribution in [0.15, 0.2) is 66.7 Å². The molecule has 1 aliphatic carbocycles. The standard InChI is InChI=1S/C37H43N9O5/c38-33(39)22-10-15-29-30(20-22)44-34(43-29)31(21-32(47)42-23-6-2-1-3-7-23)46(35(48)27-8-4-5-9-28(27)36(49)50)24-11-13-25(14-12-24)51-26-16-18-45(19-17-26)37(40)41/h4-5,8-15,20,23,26,31H,1-3,6-7,16-19,21H2,(H3,38,39)(H3,40,41)(H,42,47)(H,43,44)(H,49,50). The number of fused-ring (bicyclic) bond motifs is 1. The van der Waals surface area contributed by atoms with Gasteiger partial charge in [0.2, 0.25) is 5.91 Å². The summed E-state index contributed by atoms with van der Waals surface area (Å²) in [4.78, 5) is 52.1. The summed E-state index contributed by atoms with van der Waals surface area (Å²) < 4.78 is 6.25. The Hall–Kier alpha value is -5.92. The Balaban J connectivity index is 1.39. The Bertz CT molecular complexity index is 1930. The summed E-state index contributed by atoms with van der Waals surface area (Å²) in [6, 6.07) is 17.0. The normalized spacial score (nSPS) is 16.0. The van der Waals surface area contributed by atoms with Crippen LogP contribution in [-0.4, -0.2) is 74.8 Å². The molecule has 1 atom stereocenters. The van der Waals surface area contributed by atoms with E-state index in [2.05, 4.69) is 10.3 Å².